The first kappa shape index (κ1) is 23.1. The van der Waals surface area contributed by atoms with E-state index in [9.17, 15) is 18.4 Å². The summed E-state index contributed by atoms with van der Waals surface area (Å²) in [6.45, 7) is 0.450. The van der Waals surface area contributed by atoms with E-state index in [0.29, 0.717) is 23.1 Å². The zero-order valence-electron chi connectivity index (χ0n) is 17.7. The summed E-state index contributed by atoms with van der Waals surface area (Å²) in [4.78, 5) is 24.4. The van der Waals surface area contributed by atoms with Crippen molar-refractivity contribution in [2.75, 3.05) is 5.75 Å². The molecule has 0 aliphatic heterocycles. The van der Waals surface area contributed by atoms with E-state index in [0.717, 1.165) is 29.5 Å². The molecule has 0 saturated carbocycles. The van der Waals surface area contributed by atoms with Gasteiger partial charge >= 0.3 is 0 Å². The molecule has 0 aliphatic carbocycles. The Morgan fingerprint density at radius 1 is 0.824 bits per heavy atom. The summed E-state index contributed by atoms with van der Waals surface area (Å²) < 4.78 is 28.2. The van der Waals surface area contributed by atoms with Crippen LogP contribution in [-0.2, 0) is 11.3 Å². The first-order valence-electron chi connectivity index (χ1n) is 10.2. The number of benzene rings is 3. The lowest BCUT2D eigenvalue weighted by molar-refractivity contribution is -0.119. The molecule has 4 rings (SSSR count). The first-order valence-corrected chi connectivity index (χ1v) is 11.2. The van der Waals surface area contributed by atoms with Gasteiger partial charge in [-0.2, -0.15) is 0 Å². The van der Waals surface area contributed by atoms with Crippen LogP contribution in [0, 0.1) is 11.6 Å². The summed E-state index contributed by atoms with van der Waals surface area (Å²) >= 11 is 1.14. The third-order valence-electron chi connectivity index (χ3n) is 4.76. The van der Waals surface area contributed by atoms with Gasteiger partial charge < -0.3 is 0 Å². The lowest BCUT2D eigenvalue weighted by Crippen LogP contribution is -2.42. The van der Waals surface area contributed by atoms with Crippen LogP contribution in [-0.4, -0.2) is 32.3 Å². The normalized spacial score (nSPS) is 10.6. The highest BCUT2D eigenvalue weighted by molar-refractivity contribution is 7.99. The highest BCUT2D eigenvalue weighted by Crippen LogP contribution is 2.25. The summed E-state index contributed by atoms with van der Waals surface area (Å²) in [5.74, 6) is -1.35. The summed E-state index contributed by atoms with van der Waals surface area (Å²) in [5, 5.41) is 8.95. The Balaban J connectivity index is 1.44. The molecule has 0 aliphatic rings. The van der Waals surface area contributed by atoms with E-state index in [1.54, 1.807) is 12.1 Å². The topological polar surface area (TPSA) is 88.9 Å². The SMILES string of the molecule is O=C(CSc1nnc(-c2ccc(F)cc2)n1Cc1ccccc1)NNC(=O)c1ccc(F)cc1. The van der Waals surface area contributed by atoms with Crippen molar-refractivity contribution in [1.29, 1.82) is 0 Å². The number of halogens is 2. The first-order chi connectivity index (χ1) is 16.5. The van der Waals surface area contributed by atoms with Crippen LogP contribution >= 0.6 is 11.8 Å². The standard InChI is InChI=1S/C24H19F2N5O2S/c25-19-10-6-17(7-11-19)22-28-30-24(31(22)14-16-4-2-1-3-5-16)34-15-21(32)27-29-23(33)18-8-12-20(26)13-9-18/h1-13H,14-15H2,(H,27,32)(H,29,33). The fourth-order valence-electron chi connectivity index (χ4n) is 3.08. The molecule has 0 saturated heterocycles. The van der Waals surface area contributed by atoms with Gasteiger partial charge in [-0.05, 0) is 54.1 Å². The average molecular weight is 480 g/mol. The molecular weight excluding hydrogens is 460 g/mol. The summed E-state index contributed by atoms with van der Waals surface area (Å²) in [7, 11) is 0. The van der Waals surface area contributed by atoms with Gasteiger partial charge in [0.1, 0.15) is 11.6 Å². The van der Waals surface area contributed by atoms with E-state index in [4.69, 9.17) is 0 Å². The third kappa shape index (κ3) is 5.84. The van der Waals surface area contributed by atoms with Crippen molar-refractivity contribution in [2.45, 2.75) is 11.7 Å². The number of hydrogen-bond donors (Lipinski definition) is 2. The largest absolute Gasteiger partial charge is 0.298 e. The Kier molecular flexibility index (Phi) is 7.28. The van der Waals surface area contributed by atoms with Crippen LogP contribution in [0.5, 0.6) is 0 Å². The molecule has 0 bridgehead atoms. The van der Waals surface area contributed by atoms with E-state index in [-0.39, 0.29) is 17.1 Å². The number of hydrogen-bond acceptors (Lipinski definition) is 5. The monoisotopic (exact) mass is 479 g/mol. The maximum absolute atomic E-state index is 13.4. The van der Waals surface area contributed by atoms with E-state index in [1.807, 2.05) is 34.9 Å². The van der Waals surface area contributed by atoms with Crippen molar-refractivity contribution in [3.05, 3.63) is 102 Å². The number of hydrazine groups is 1. The van der Waals surface area contributed by atoms with Crippen LogP contribution in [0.25, 0.3) is 11.4 Å². The Hall–Kier alpha value is -4.05. The number of nitrogens with one attached hydrogen (secondary N) is 2. The molecule has 1 aromatic heterocycles. The van der Waals surface area contributed by atoms with Crippen molar-refractivity contribution >= 4 is 23.6 Å². The highest BCUT2D eigenvalue weighted by atomic mass is 32.2. The van der Waals surface area contributed by atoms with Gasteiger partial charge in [0.05, 0.1) is 12.3 Å². The molecule has 0 unspecified atom stereocenters. The maximum atomic E-state index is 13.4. The fraction of sp³-hybridized carbons (Fsp3) is 0.0833. The molecule has 10 heteroatoms. The summed E-state index contributed by atoms with van der Waals surface area (Å²) in [6, 6.07) is 20.5. The molecule has 2 N–H and O–H groups in total. The van der Waals surface area contributed by atoms with Gasteiger partial charge in [0.25, 0.3) is 5.91 Å². The van der Waals surface area contributed by atoms with E-state index < -0.39 is 17.6 Å². The Labute approximate surface area is 198 Å². The number of thioether (sulfide) groups is 1. The molecule has 7 nitrogen and oxygen atoms in total. The van der Waals surface area contributed by atoms with Gasteiger partial charge in [0, 0.05) is 11.1 Å². The van der Waals surface area contributed by atoms with E-state index in [2.05, 4.69) is 21.0 Å². The molecule has 3 aromatic carbocycles. The fourth-order valence-corrected chi connectivity index (χ4v) is 3.82. The molecule has 34 heavy (non-hydrogen) atoms. The number of rotatable bonds is 7. The van der Waals surface area contributed by atoms with E-state index >= 15 is 0 Å². The predicted octanol–water partition coefficient (Wildman–Crippen LogP) is 3.82. The van der Waals surface area contributed by atoms with Gasteiger partial charge in [0.2, 0.25) is 5.91 Å². The molecule has 0 spiro atoms. The average Bonchev–Trinajstić information content (AvgIpc) is 3.25. The number of aromatic nitrogens is 3. The van der Waals surface area contributed by atoms with Crippen LogP contribution in [0.15, 0.2) is 84.0 Å². The van der Waals surface area contributed by atoms with Crippen molar-refractivity contribution in [3.63, 3.8) is 0 Å². The van der Waals surface area contributed by atoms with Crippen molar-refractivity contribution in [2.24, 2.45) is 0 Å². The summed E-state index contributed by atoms with van der Waals surface area (Å²) in [6.07, 6.45) is 0. The minimum atomic E-state index is -0.566. The maximum Gasteiger partial charge on any atom is 0.269 e. The van der Waals surface area contributed by atoms with Gasteiger partial charge in [-0.3, -0.25) is 25.0 Å². The van der Waals surface area contributed by atoms with Gasteiger partial charge in [-0.1, -0.05) is 42.1 Å². The molecule has 172 valence electrons. The molecule has 4 aromatic rings. The third-order valence-corrected chi connectivity index (χ3v) is 5.72. The van der Waals surface area contributed by atoms with Crippen LogP contribution in [0.4, 0.5) is 8.78 Å². The number of amides is 2. The van der Waals surface area contributed by atoms with Crippen LogP contribution in [0.3, 0.4) is 0 Å². The highest BCUT2D eigenvalue weighted by Gasteiger charge is 2.17. The lowest BCUT2D eigenvalue weighted by atomic mass is 10.2. The minimum Gasteiger partial charge on any atom is -0.298 e. The van der Waals surface area contributed by atoms with Crippen molar-refractivity contribution < 1.29 is 18.4 Å². The van der Waals surface area contributed by atoms with E-state index in [1.165, 1.54) is 24.3 Å². The minimum absolute atomic E-state index is 0.0416. The predicted molar refractivity (Wildman–Crippen MR) is 124 cm³/mol. The Morgan fingerprint density at radius 3 is 2.15 bits per heavy atom. The molecule has 0 radical (unpaired) electrons. The van der Waals surface area contributed by atoms with Gasteiger partial charge in [-0.15, -0.1) is 10.2 Å². The Bertz CT molecular complexity index is 1280. The van der Waals surface area contributed by atoms with Crippen molar-refractivity contribution in [3.8, 4) is 11.4 Å². The quantitative estimate of drug-likeness (QED) is 0.311. The molecule has 2 amide bonds. The number of carbonyl (C=O) groups is 2. The zero-order chi connectivity index (χ0) is 23.9. The Morgan fingerprint density at radius 2 is 1.47 bits per heavy atom. The van der Waals surface area contributed by atoms with Crippen LogP contribution < -0.4 is 10.9 Å². The second-order valence-electron chi connectivity index (χ2n) is 7.18. The smallest absolute Gasteiger partial charge is 0.269 e. The molecule has 1 heterocycles. The van der Waals surface area contributed by atoms with Crippen LogP contribution in [0.1, 0.15) is 15.9 Å². The van der Waals surface area contributed by atoms with Crippen molar-refractivity contribution in [1.82, 2.24) is 25.6 Å². The zero-order valence-corrected chi connectivity index (χ0v) is 18.6. The second-order valence-corrected chi connectivity index (χ2v) is 8.13. The lowest BCUT2D eigenvalue weighted by Gasteiger charge is -2.11. The molecular formula is C24H19F2N5O2S. The number of carbonyl (C=O) groups excluding carboxylic acids is 2. The molecule has 0 atom stereocenters. The van der Waals surface area contributed by atoms with Crippen LogP contribution in [0.2, 0.25) is 0 Å². The number of nitrogens with zero attached hydrogens (tertiary/aromatic N) is 3. The van der Waals surface area contributed by atoms with Gasteiger partial charge in [-0.25, -0.2) is 8.78 Å². The molecule has 0 fully saturated rings. The van der Waals surface area contributed by atoms with Gasteiger partial charge in [0.15, 0.2) is 11.0 Å². The summed E-state index contributed by atoms with van der Waals surface area (Å²) in [5.41, 5.74) is 6.52. The second kappa shape index (κ2) is 10.7.